The van der Waals surface area contributed by atoms with Crippen LogP contribution in [-0.4, -0.2) is 37.2 Å². The van der Waals surface area contributed by atoms with E-state index in [-0.39, 0.29) is 5.60 Å². The van der Waals surface area contributed by atoms with Gasteiger partial charge in [-0.25, -0.2) is 0 Å². The van der Waals surface area contributed by atoms with E-state index >= 15 is 0 Å². The van der Waals surface area contributed by atoms with Gasteiger partial charge in [-0.2, -0.15) is 0 Å². The van der Waals surface area contributed by atoms with E-state index in [0.717, 1.165) is 12.5 Å². The molecule has 1 fully saturated rings. The molecular formula is C12H25NO. The van der Waals surface area contributed by atoms with Crippen molar-refractivity contribution in [3.05, 3.63) is 0 Å². The molecule has 1 heterocycles. The Bertz CT molecular complexity index is 162. The van der Waals surface area contributed by atoms with Crippen LogP contribution in [0, 0.1) is 5.92 Å². The molecule has 1 atom stereocenters. The van der Waals surface area contributed by atoms with Gasteiger partial charge in [0.2, 0.25) is 0 Å². The van der Waals surface area contributed by atoms with Crippen LogP contribution in [0.4, 0.5) is 0 Å². The number of hydrogen-bond acceptors (Lipinski definition) is 2. The van der Waals surface area contributed by atoms with Crippen LogP contribution in [0.15, 0.2) is 0 Å². The first-order chi connectivity index (χ1) is 6.47. The lowest BCUT2D eigenvalue weighted by molar-refractivity contribution is -0.00577. The summed E-state index contributed by atoms with van der Waals surface area (Å²) >= 11 is 0. The van der Waals surface area contributed by atoms with Gasteiger partial charge >= 0.3 is 0 Å². The first kappa shape index (κ1) is 12.0. The predicted molar refractivity (Wildman–Crippen MR) is 60.5 cm³/mol. The van der Waals surface area contributed by atoms with Gasteiger partial charge in [-0.3, -0.25) is 0 Å². The topological polar surface area (TPSA) is 12.5 Å². The molecule has 0 N–H and O–H groups in total. The van der Waals surface area contributed by atoms with Crippen LogP contribution < -0.4 is 0 Å². The highest BCUT2D eigenvalue weighted by atomic mass is 16.5. The van der Waals surface area contributed by atoms with E-state index in [1.165, 1.54) is 32.4 Å². The smallest absolute Gasteiger partial charge is 0.0598 e. The lowest BCUT2D eigenvalue weighted by Crippen LogP contribution is -2.20. The summed E-state index contributed by atoms with van der Waals surface area (Å²) < 4.78 is 5.70. The van der Waals surface area contributed by atoms with Crippen molar-refractivity contribution in [2.75, 3.05) is 26.7 Å². The fraction of sp³-hybridized carbons (Fsp3) is 1.00. The molecule has 0 aliphatic carbocycles. The number of ether oxygens (including phenoxy) is 1. The van der Waals surface area contributed by atoms with Gasteiger partial charge in [0.15, 0.2) is 0 Å². The standard InChI is InChI=1S/C12H25NO/c1-12(2,3)14-9-5-6-11-7-8-13(4)10-11/h11H,5-10H2,1-4H3/t11-/m0/s1. The zero-order valence-electron chi connectivity index (χ0n) is 10.2. The summed E-state index contributed by atoms with van der Waals surface area (Å²) in [6.07, 6.45) is 3.93. The Morgan fingerprint density at radius 1 is 1.36 bits per heavy atom. The zero-order valence-corrected chi connectivity index (χ0v) is 10.2. The molecule has 0 spiro atoms. The molecule has 0 aromatic heterocycles. The zero-order chi connectivity index (χ0) is 10.6. The molecule has 0 unspecified atom stereocenters. The third-order valence-corrected chi connectivity index (χ3v) is 2.78. The monoisotopic (exact) mass is 199 g/mol. The third-order valence-electron chi connectivity index (χ3n) is 2.78. The van der Waals surface area contributed by atoms with Crippen molar-refractivity contribution in [2.45, 2.75) is 45.6 Å². The minimum absolute atomic E-state index is 0.0342. The molecule has 1 rings (SSSR count). The van der Waals surface area contributed by atoms with Crippen molar-refractivity contribution in [3.8, 4) is 0 Å². The van der Waals surface area contributed by atoms with Gasteiger partial charge in [0, 0.05) is 13.2 Å². The van der Waals surface area contributed by atoms with E-state index in [1.807, 2.05) is 0 Å². The molecule has 1 aliphatic rings. The van der Waals surface area contributed by atoms with Gasteiger partial charge in [0.1, 0.15) is 0 Å². The first-order valence-electron chi connectivity index (χ1n) is 5.80. The van der Waals surface area contributed by atoms with Crippen molar-refractivity contribution in [1.82, 2.24) is 4.90 Å². The van der Waals surface area contributed by atoms with Gasteiger partial charge in [-0.15, -0.1) is 0 Å². The fourth-order valence-electron chi connectivity index (χ4n) is 2.01. The Labute approximate surface area is 88.6 Å². The predicted octanol–water partition coefficient (Wildman–Crippen LogP) is 2.53. The molecule has 2 heteroatoms. The molecule has 84 valence electrons. The number of nitrogens with zero attached hydrogens (tertiary/aromatic N) is 1. The van der Waals surface area contributed by atoms with Crippen molar-refractivity contribution >= 4 is 0 Å². The maximum Gasteiger partial charge on any atom is 0.0598 e. The van der Waals surface area contributed by atoms with Gasteiger partial charge in [0.25, 0.3) is 0 Å². The lowest BCUT2D eigenvalue weighted by Gasteiger charge is -2.20. The molecule has 0 saturated carbocycles. The summed E-state index contributed by atoms with van der Waals surface area (Å²) in [5, 5.41) is 0. The third kappa shape index (κ3) is 4.97. The van der Waals surface area contributed by atoms with Crippen LogP contribution in [0.3, 0.4) is 0 Å². The average Bonchev–Trinajstić information content (AvgIpc) is 2.44. The Kier molecular flexibility index (Phi) is 4.39. The van der Waals surface area contributed by atoms with Crippen LogP contribution in [-0.2, 0) is 4.74 Å². The molecule has 2 nitrogen and oxygen atoms in total. The molecule has 0 amide bonds. The van der Waals surface area contributed by atoms with E-state index in [2.05, 4.69) is 32.7 Å². The number of hydrogen-bond donors (Lipinski definition) is 0. The normalized spacial score (nSPS) is 24.4. The summed E-state index contributed by atoms with van der Waals surface area (Å²) in [7, 11) is 2.21. The summed E-state index contributed by atoms with van der Waals surface area (Å²) in [6, 6.07) is 0. The maximum atomic E-state index is 5.70. The van der Waals surface area contributed by atoms with Crippen molar-refractivity contribution in [1.29, 1.82) is 0 Å². The molecule has 0 aromatic rings. The van der Waals surface area contributed by atoms with Crippen LogP contribution >= 0.6 is 0 Å². The molecule has 1 saturated heterocycles. The molecule has 0 radical (unpaired) electrons. The second kappa shape index (κ2) is 5.13. The highest BCUT2D eigenvalue weighted by Gasteiger charge is 2.19. The quantitative estimate of drug-likeness (QED) is 0.645. The van der Waals surface area contributed by atoms with Gasteiger partial charge in [-0.1, -0.05) is 0 Å². The van der Waals surface area contributed by atoms with Gasteiger partial charge < -0.3 is 9.64 Å². The largest absolute Gasteiger partial charge is 0.376 e. The summed E-state index contributed by atoms with van der Waals surface area (Å²) in [5.74, 6) is 0.920. The molecule has 1 aliphatic heterocycles. The highest BCUT2D eigenvalue weighted by Crippen LogP contribution is 2.20. The van der Waals surface area contributed by atoms with Gasteiger partial charge in [-0.05, 0) is 59.5 Å². The van der Waals surface area contributed by atoms with Gasteiger partial charge in [0.05, 0.1) is 5.60 Å². The Morgan fingerprint density at radius 2 is 2.07 bits per heavy atom. The van der Waals surface area contributed by atoms with E-state index in [4.69, 9.17) is 4.74 Å². The molecule has 0 aromatic carbocycles. The number of rotatable bonds is 4. The minimum Gasteiger partial charge on any atom is -0.376 e. The summed E-state index contributed by atoms with van der Waals surface area (Å²) in [4.78, 5) is 2.43. The van der Waals surface area contributed by atoms with E-state index in [1.54, 1.807) is 0 Å². The van der Waals surface area contributed by atoms with E-state index < -0.39 is 0 Å². The van der Waals surface area contributed by atoms with E-state index in [9.17, 15) is 0 Å². The Morgan fingerprint density at radius 3 is 2.57 bits per heavy atom. The molecule has 14 heavy (non-hydrogen) atoms. The SMILES string of the molecule is CN1CC[C@H](CCCOC(C)(C)C)C1. The first-order valence-corrected chi connectivity index (χ1v) is 5.80. The Hall–Kier alpha value is -0.0800. The van der Waals surface area contributed by atoms with Crippen LogP contribution in [0.25, 0.3) is 0 Å². The number of likely N-dealkylation sites (tertiary alicyclic amines) is 1. The summed E-state index contributed by atoms with van der Waals surface area (Å²) in [6.45, 7) is 9.85. The lowest BCUT2D eigenvalue weighted by atomic mass is 10.0. The van der Waals surface area contributed by atoms with Crippen molar-refractivity contribution in [2.24, 2.45) is 5.92 Å². The van der Waals surface area contributed by atoms with Crippen LogP contribution in [0.2, 0.25) is 0 Å². The average molecular weight is 199 g/mol. The van der Waals surface area contributed by atoms with Crippen LogP contribution in [0.5, 0.6) is 0 Å². The maximum absolute atomic E-state index is 5.70. The van der Waals surface area contributed by atoms with E-state index in [0.29, 0.717) is 0 Å². The second-order valence-electron chi connectivity index (χ2n) is 5.52. The fourth-order valence-corrected chi connectivity index (χ4v) is 2.01. The van der Waals surface area contributed by atoms with Crippen LogP contribution in [0.1, 0.15) is 40.0 Å². The molecule has 0 bridgehead atoms. The summed E-state index contributed by atoms with van der Waals surface area (Å²) in [5.41, 5.74) is 0.0342. The van der Waals surface area contributed by atoms with Crippen molar-refractivity contribution < 1.29 is 4.74 Å². The minimum atomic E-state index is 0.0342. The second-order valence-corrected chi connectivity index (χ2v) is 5.52. The van der Waals surface area contributed by atoms with Crippen molar-refractivity contribution in [3.63, 3.8) is 0 Å². The Balaban J connectivity index is 1.99. The highest BCUT2D eigenvalue weighted by molar-refractivity contribution is 4.72. The molecular weight excluding hydrogens is 174 g/mol.